The van der Waals surface area contributed by atoms with Crippen LogP contribution in [0.5, 0.6) is 0 Å². The molecule has 0 N–H and O–H groups in total. The molecule has 0 aliphatic heterocycles. The van der Waals surface area contributed by atoms with Crippen molar-refractivity contribution in [2.75, 3.05) is 40.5 Å². The molecule has 5 nitrogen and oxygen atoms in total. The zero-order valence-electron chi connectivity index (χ0n) is 10.4. The summed E-state index contributed by atoms with van der Waals surface area (Å²) in [5.74, 6) is -0.0581. The second kappa shape index (κ2) is 7.37. The molecule has 0 aliphatic carbocycles. The van der Waals surface area contributed by atoms with Crippen LogP contribution in [0.4, 0.5) is 0 Å². The Morgan fingerprint density at radius 2 is 1.94 bits per heavy atom. The molecule has 0 atom stereocenters. The largest absolute Gasteiger partial charge is 0.383 e. The Kier molecular flexibility index (Phi) is 6.10. The Morgan fingerprint density at radius 1 is 1.35 bits per heavy atom. The van der Waals surface area contributed by atoms with Gasteiger partial charge in [0.2, 0.25) is 0 Å². The maximum absolute atomic E-state index is 12.1. The summed E-state index contributed by atoms with van der Waals surface area (Å²) < 4.78 is 9.98. The van der Waals surface area contributed by atoms with Crippen LogP contribution in [0.25, 0.3) is 0 Å². The molecule has 6 heteroatoms. The second-order valence-electron chi connectivity index (χ2n) is 3.55. The van der Waals surface area contributed by atoms with Crippen LogP contribution in [0, 0.1) is 6.92 Å². The van der Waals surface area contributed by atoms with Crippen LogP contribution < -0.4 is 0 Å². The third kappa shape index (κ3) is 4.41. The van der Waals surface area contributed by atoms with Crippen LogP contribution in [0.1, 0.15) is 14.7 Å². The van der Waals surface area contributed by atoms with Crippen LogP contribution in [-0.2, 0) is 9.47 Å². The lowest BCUT2D eigenvalue weighted by Crippen LogP contribution is -2.36. The van der Waals surface area contributed by atoms with Crippen LogP contribution >= 0.6 is 11.3 Å². The number of thiazole rings is 1. The van der Waals surface area contributed by atoms with E-state index in [1.807, 2.05) is 6.92 Å². The van der Waals surface area contributed by atoms with Gasteiger partial charge in [-0.2, -0.15) is 0 Å². The average molecular weight is 258 g/mol. The molecule has 0 aliphatic rings. The van der Waals surface area contributed by atoms with Crippen LogP contribution in [0.2, 0.25) is 0 Å². The summed E-state index contributed by atoms with van der Waals surface area (Å²) in [5.41, 5.74) is 0. The van der Waals surface area contributed by atoms with E-state index < -0.39 is 0 Å². The van der Waals surface area contributed by atoms with Crippen molar-refractivity contribution in [1.29, 1.82) is 0 Å². The first kappa shape index (κ1) is 14.1. The number of amides is 1. The molecule has 0 spiro atoms. The molecule has 0 saturated heterocycles. The number of rotatable bonds is 7. The van der Waals surface area contributed by atoms with Gasteiger partial charge in [0, 0.05) is 38.4 Å². The molecule has 1 amide bonds. The van der Waals surface area contributed by atoms with E-state index in [9.17, 15) is 4.79 Å². The van der Waals surface area contributed by atoms with Crippen LogP contribution in [-0.4, -0.2) is 56.3 Å². The Labute approximate surface area is 105 Å². The van der Waals surface area contributed by atoms with E-state index in [0.29, 0.717) is 31.3 Å². The Bertz CT molecular complexity index is 346. The van der Waals surface area contributed by atoms with Gasteiger partial charge < -0.3 is 14.4 Å². The number of nitrogens with zero attached hydrogens (tertiary/aromatic N) is 2. The Balaban J connectivity index is 2.64. The number of hydrogen-bond donors (Lipinski definition) is 0. The average Bonchev–Trinajstić information content (AvgIpc) is 2.75. The molecule has 1 rings (SSSR count). The minimum Gasteiger partial charge on any atom is -0.383 e. The molecule has 0 saturated carbocycles. The lowest BCUT2D eigenvalue weighted by atomic mass is 10.4. The van der Waals surface area contributed by atoms with Crippen molar-refractivity contribution < 1.29 is 14.3 Å². The van der Waals surface area contributed by atoms with Gasteiger partial charge in [-0.05, 0) is 6.92 Å². The topological polar surface area (TPSA) is 51.7 Å². The summed E-state index contributed by atoms with van der Waals surface area (Å²) in [6, 6.07) is 0. The number of ether oxygens (including phenoxy) is 2. The highest BCUT2D eigenvalue weighted by atomic mass is 32.1. The molecular weight excluding hydrogens is 240 g/mol. The first-order valence-electron chi connectivity index (χ1n) is 5.38. The van der Waals surface area contributed by atoms with Crippen molar-refractivity contribution >= 4 is 17.2 Å². The third-order valence-corrected chi connectivity index (χ3v) is 3.12. The summed E-state index contributed by atoms with van der Waals surface area (Å²) in [4.78, 5) is 19.0. The summed E-state index contributed by atoms with van der Waals surface area (Å²) >= 11 is 1.41. The van der Waals surface area contributed by atoms with Crippen molar-refractivity contribution in [2.45, 2.75) is 6.92 Å². The van der Waals surface area contributed by atoms with E-state index in [1.54, 1.807) is 25.3 Å². The molecule has 0 aromatic carbocycles. The fourth-order valence-electron chi connectivity index (χ4n) is 1.31. The fourth-order valence-corrected chi connectivity index (χ4v) is 2.04. The summed E-state index contributed by atoms with van der Waals surface area (Å²) in [6.07, 6.45) is 1.71. The summed E-state index contributed by atoms with van der Waals surface area (Å²) in [5, 5.41) is 0.523. The number of carbonyl (C=O) groups excluding carboxylic acids is 1. The number of aromatic nitrogens is 1. The highest BCUT2D eigenvalue weighted by Gasteiger charge is 2.18. The van der Waals surface area contributed by atoms with Gasteiger partial charge in [-0.25, -0.2) is 4.98 Å². The van der Waals surface area contributed by atoms with Crippen molar-refractivity contribution in [1.82, 2.24) is 9.88 Å². The van der Waals surface area contributed by atoms with Crippen LogP contribution in [0.3, 0.4) is 0 Å². The molecule has 0 fully saturated rings. The minimum atomic E-state index is -0.0581. The van der Waals surface area contributed by atoms with Gasteiger partial charge in [0.05, 0.1) is 13.2 Å². The van der Waals surface area contributed by atoms with E-state index in [-0.39, 0.29) is 5.91 Å². The molecule has 1 heterocycles. The standard InChI is InChI=1S/C11H18N2O3S/c1-9-8-12-10(17-9)11(14)13(4-6-15-2)5-7-16-3/h8H,4-7H2,1-3H3. The third-order valence-electron chi connectivity index (χ3n) is 2.22. The van der Waals surface area contributed by atoms with Gasteiger partial charge in [-0.1, -0.05) is 0 Å². The Morgan fingerprint density at radius 3 is 2.35 bits per heavy atom. The quantitative estimate of drug-likeness (QED) is 0.737. The zero-order valence-corrected chi connectivity index (χ0v) is 11.2. The fraction of sp³-hybridized carbons (Fsp3) is 0.636. The molecule has 0 radical (unpaired) electrons. The number of carbonyl (C=O) groups is 1. The van der Waals surface area contributed by atoms with E-state index in [2.05, 4.69) is 4.98 Å². The molecule has 1 aromatic rings. The lowest BCUT2D eigenvalue weighted by molar-refractivity contribution is 0.0627. The predicted octanol–water partition coefficient (Wildman–Crippen LogP) is 1.19. The highest BCUT2D eigenvalue weighted by Crippen LogP contribution is 2.13. The van der Waals surface area contributed by atoms with Gasteiger partial charge in [-0.3, -0.25) is 4.79 Å². The van der Waals surface area contributed by atoms with Gasteiger partial charge in [0.25, 0.3) is 5.91 Å². The van der Waals surface area contributed by atoms with Crippen molar-refractivity contribution in [3.05, 3.63) is 16.1 Å². The number of aryl methyl sites for hydroxylation is 1. The van der Waals surface area contributed by atoms with Gasteiger partial charge in [-0.15, -0.1) is 11.3 Å². The molecule has 0 bridgehead atoms. The molecule has 0 unspecified atom stereocenters. The SMILES string of the molecule is COCCN(CCOC)C(=O)c1ncc(C)s1. The summed E-state index contributed by atoms with van der Waals surface area (Å²) in [6.45, 7) is 4.07. The lowest BCUT2D eigenvalue weighted by Gasteiger charge is -2.20. The highest BCUT2D eigenvalue weighted by molar-refractivity contribution is 7.13. The second-order valence-corrected chi connectivity index (χ2v) is 4.79. The predicted molar refractivity (Wildman–Crippen MR) is 66.5 cm³/mol. The molecule has 1 aromatic heterocycles. The molecular formula is C11H18N2O3S. The zero-order chi connectivity index (χ0) is 12.7. The maximum atomic E-state index is 12.1. The molecule has 96 valence electrons. The first-order valence-corrected chi connectivity index (χ1v) is 6.20. The van der Waals surface area contributed by atoms with E-state index in [0.717, 1.165) is 4.88 Å². The minimum absolute atomic E-state index is 0.0581. The number of methoxy groups -OCH3 is 2. The van der Waals surface area contributed by atoms with Gasteiger partial charge in [0.15, 0.2) is 5.01 Å². The summed E-state index contributed by atoms with van der Waals surface area (Å²) in [7, 11) is 3.24. The smallest absolute Gasteiger partial charge is 0.282 e. The normalized spacial score (nSPS) is 10.5. The van der Waals surface area contributed by atoms with Crippen molar-refractivity contribution in [3.8, 4) is 0 Å². The van der Waals surface area contributed by atoms with Crippen molar-refractivity contribution in [3.63, 3.8) is 0 Å². The van der Waals surface area contributed by atoms with Crippen molar-refractivity contribution in [2.24, 2.45) is 0 Å². The maximum Gasteiger partial charge on any atom is 0.282 e. The van der Waals surface area contributed by atoms with Gasteiger partial charge >= 0.3 is 0 Å². The van der Waals surface area contributed by atoms with E-state index >= 15 is 0 Å². The van der Waals surface area contributed by atoms with Crippen LogP contribution in [0.15, 0.2) is 6.20 Å². The monoisotopic (exact) mass is 258 g/mol. The first-order chi connectivity index (χ1) is 8.19. The Hall–Kier alpha value is -0.980. The van der Waals surface area contributed by atoms with E-state index in [1.165, 1.54) is 11.3 Å². The van der Waals surface area contributed by atoms with E-state index in [4.69, 9.17) is 9.47 Å². The van der Waals surface area contributed by atoms with Gasteiger partial charge in [0.1, 0.15) is 0 Å². The number of hydrogen-bond acceptors (Lipinski definition) is 5. The molecule has 17 heavy (non-hydrogen) atoms.